The molecule has 1 fully saturated rings. The molecule has 3 N–H and O–H groups in total. The van der Waals surface area contributed by atoms with Gasteiger partial charge in [-0.25, -0.2) is 0 Å². The number of rotatable bonds is 2. The van der Waals surface area contributed by atoms with E-state index >= 15 is 0 Å². The van der Waals surface area contributed by atoms with E-state index in [1.807, 2.05) is 0 Å². The standard InChI is InChI=1S/C9H10O4/c10-6-8(11)9(12,13-8)7-4-2-1-3-5-7/h1-5,10-12H,6H2. The lowest BCUT2D eigenvalue weighted by molar-refractivity contribution is -0.0236. The fraction of sp³-hybridized carbons (Fsp3) is 0.333. The molecule has 1 saturated heterocycles. The quantitative estimate of drug-likeness (QED) is 0.541. The molecule has 2 unspecified atom stereocenters. The summed E-state index contributed by atoms with van der Waals surface area (Å²) in [6.07, 6.45) is 0. The van der Waals surface area contributed by atoms with E-state index in [0.29, 0.717) is 5.56 Å². The first kappa shape index (κ1) is 8.65. The largest absolute Gasteiger partial charge is 0.391 e. The topological polar surface area (TPSA) is 73.2 Å². The average Bonchev–Trinajstić information content (AvgIpc) is 2.74. The van der Waals surface area contributed by atoms with Gasteiger partial charge in [0.05, 0.1) is 0 Å². The van der Waals surface area contributed by atoms with Crippen LogP contribution in [-0.2, 0) is 10.5 Å². The van der Waals surface area contributed by atoms with Gasteiger partial charge in [0.25, 0.3) is 11.6 Å². The lowest BCUT2D eigenvalue weighted by Crippen LogP contribution is -2.27. The number of benzene rings is 1. The van der Waals surface area contributed by atoms with Crippen LogP contribution in [0.5, 0.6) is 0 Å². The molecule has 0 saturated carbocycles. The van der Waals surface area contributed by atoms with E-state index in [9.17, 15) is 10.2 Å². The van der Waals surface area contributed by atoms with E-state index in [1.54, 1.807) is 30.3 Å². The van der Waals surface area contributed by atoms with Gasteiger partial charge in [-0.15, -0.1) is 0 Å². The SMILES string of the molecule is OCC1(O)OC1(O)c1ccccc1. The molecule has 2 atom stereocenters. The molecule has 0 radical (unpaired) electrons. The van der Waals surface area contributed by atoms with Crippen molar-refractivity contribution >= 4 is 0 Å². The summed E-state index contributed by atoms with van der Waals surface area (Å²) in [7, 11) is 0. The average molecular weight is 182 g/mol. The summed E-state index contributed by atoms with van der Waals surface area (Å²) in [5.41, 5.74) is 0.437. The monoisotopic (exact) mass is 182 g/mol. The molecule has 0 spiro atoms. The molecule has 0 aliphatic carbocycles. The second-order valence-electron chi connectivity index (χ2n) is 3.05. The molecule has 1 aromatic carbocycles. The molecule has 1 aliphatic heterocycles. The van der Waals surface area contributed by atoms with Crippen LogP contribution in [-0.4, -0.2) is 27.7 Å². The van der Waals surface area contributed by atoms with Crippen molar-refractivity contribution in [1.29, 1.82) is 0 Å². The maximum absolute atomic E-state index is 9.69. The zero-order valence-electron chi connectivity index (χ0n) is 6.84. The molecule has 1 aliphatic rings. The van der Waals surface area contributed by atoms with Crippen molar-refractivity contribution in [2.75, 3.05) is 6.61 Å². The number of hydrogen-bond acceptors (Lipinski definition) is 4. The molecule has 70 valence electrons. The first-order valence-corrected chi connectivity index (χ1v) is 3.94. The Morgan fingerprint density at radius 2 is 1.77 bits per heavy atom. The fourth-order valence-corrected chi connectivity index (χ4v) is 1.31. The summed E-state index contributed by atoms with van der Waals surface area (Å²) >= 11 is 0. The predicted molar refractivity (Wildman–Crippen MR) is 43.5 cm³/mol. The van der Waals surface area contributed by atoms with Crippen LogP contribution >= 0.6 is 0 Å². The summed E-state index contributed by atoms with van der Waals surface area (Å²) in [5, 5.41) is 27.8. The maximum atomic E-state index is 9.69. The second kappa shape index (κ2) is 2.52. The Hall–Kier alpha value is -0.940. The number of aliphatic hydroxyl groups is 3. The van der Waals surface area contributed by atoms with Crippen molar-refractivity contribution in [2.45, 2.75) is 11.6 Å². The van der Waals surface area contributed by atoms with Crippen LogP contribution in [0.3, 0.4) is 0 Å². The molecular formula is C9H10O4. The minimum Gasteiger partial charge on any atom is -0.391 e. The third-order valence-corrected chi connectivity index (χ3v) is 2.18. The van der Waals surface area contributed by atoms with Crippen molar-refractivity contribution in [3.63, 3.8) is 0 Å². The molecule has 0 bridgehead atoms. The summed E-state index contributed by atoms with van der Waals surface area (Å²) in [5.74, 6) is -3.59. The van der Waals surface area contributed by atoms with Crippen LogP contribution in [0.1, 0.15) is 5.56 Å². The van der Waals surface area contributed by atoms with Gasteiger partial charge < -0.3 is 20.1 Å². The van der Waals surface area contributed by atoms with Gasteiger partial charge in [-0.3, -0.25) is 0 Å². The van der Waals surface area contributed by atoms with Crippen molar-refractivity contribution in [3.8, 4) is 0 Å². The fourth-order valence-electron chi connectivity index (χ4n) is 1.31. The van der Waals surface area contributed by atoms with Gasteiger partial charge in [0.2, 0.25) is 0 Å². The van der Waals surface area contributed by atoms with Crippen molar-refractivity contribution in [2.24, 2.45) is 0 Å². The Labute approximate surface area is 75.0 Å². The molecule has 4 heteroatoms. The van der Waals surface area contributed by atoms with Crippen molar-refractivity contribution < 1.29 is 20.1 Å². The number of hydrogen-bond donors (Lipinski definition) is 3. The summed E-state index contributed by atoms with van der Waals surface area (Å²) in [4.78, 5) is 0. The molecule has 1 heterocycles. The molecule has 0 amide bonds. The van der Waals surface area contributed by atoms with Crippen LogP contribution in [0.4, 0.5) is 0 Å². The highest BCUT2D eigenvalue weighted by molar-refractivity contribution is 5.27. The normalized spacial score (nSPS) is 37.5. The summed E-state index contributed by atoms with van der Waals surface area (Å²) < 4.78 is 4.69. The van der Waals surface area contributed by atoms with Crippen LogP contribution in [0, 0.1) is 0 Å². The number of aliphatic hydroxyl groups excluding tert-OH is 1. The Balaban J connectivity index is 2.30. The Morgan fingerprint density at radius 3 is 2.23 bits per heavy atom. The highest BCUT2D eigenvalue weighted by Crippen LogP contribution is 2.51. The Morgan fingerprint density at radius 1 is 1.15 bits per heavy atom. The van der Waals surface area contributed by atoms with E-state index in [1.165, 1.54) is 0 Å². The van der Waals surface area contributed by atoms with E-state index < -0.39 is 18.2 Å². The van der Waals surface area contributed by atoms with Gasteiger partial charge >= 0.3 is 0 Å². The minimum absolute atomic E-state index is 0.437. The minimum atomic E-state index is -1.84. The van der Waals surface area contributed by atoms with E-state index in [-0.39, 0.29) is 0 Å². The lowest BCUT2D eigenvalue weighted by Gasteiger charge is -2.07. The van der Waals surface area contributed by atoms with Gasteiger partial charge in [0.1, 0.15) is 6.61 Å². The van der Waals surface area contributed by atoms with Crippen LogP contribution in [0.15, 0.2) is 30.3 Å². The first-order chi connectivity index (χ1) is 6.12. The highest BCUT2D eigenvalue weighted by Gasteiger charge is 2.70. The van der Waals surface area contributed by atoms with E-state index in [4.69, 9.17) is 5.11 Å². The second-order valence-corrected chi connectivity index (χ2v) is 3.05. The number of ether oxygens (including phenoxy) is 1. The van der Waals surface area contributed by atoms with Crippen LogP contribution < -0.4 is 0 Å². The Kier molecular flexibility index (Phi) is 1.68. The number of epoxide rings is 1. The van der Waals surface area contributed by atoms with E-state index in [2.05, 4.69) is 4.74 Å². The predicted octanol–water partition coefficient (Wildman–Crippen LogP) is -0.457. The van der Waals surface area contributed by atoms with Crippen molar-refractivity contribution in [1.82, 2.24) is 0 Å². The van der Waals surface area contributed by atoms with Gasteiger partial charge in [0.15, 0.2) is 0 Å². The highest BCUT2D eigenvalue weighted by atomic mass is 16.8. The van der Waals surface area contributed by atoms with Gasteiger partial charge in [-0.1, -0.05) is 30.3 Å². The van der Waals surface area contributed by atoms with Gasteiger partial charge in [-0.2, -0.15) is 0 Å². The van der Waals surface area contributed by atoms with Crippen LogP contribution in [0.25, 0.3) is 0 Å². The molecule has 13 heavy (non-hydrogen) atoms. The Bertz CT molecular complexity index is 313. The van der Waals surface area contributed by atoms with Crippen LogP contribution in [0.2, 0.25) is 0 Å². The third kappa shape index (κ3) is 1.08. The zero-order valence-corrected chi connectivity index (χ0v) is 6.84. The molecule has 1 aromatic rings. The van der Waals surface area contributed by atoms with Gasteiger partial charge in [0, 0.05) is 5.56 Å². The van der Waals surface area contributed by atoms with E-state index in [0.717, 1.165) is 0 Å². The lowest BCUT2D eigenvalue weighted by atomic mass is 10.1. The molecule has 0 aromatic heterocycles. The summed E-state index contributed by atoms with van der Waals surface area (Å²) in [6, 6.07) is 8.45. The zero-order chi connectivity index (χ0) is 9.53. The third-order valence-electron chi connectivity index (χ3n) is 2.18. The molecular weight excluding hydrogens is 172 g/mol. The maximum Gasteiger partial charge on any atom is 0.253 e. The summed E-state index contributed by atoms with van der Waals surface area (Å²) in [6.45, 7) is -0.627. The smallest absolute Gasteiger partial charge is 0.253 e. The molecule has 4 nitrogen and oxygen atoms in total. The van der Waals surface area contributed by atoms with Crippen molar-refractivity contribution in [3.05, 3.63) is 35.9 Å². The first-order valence-electron chi connectivity index (χ1n) is 3.94. The van der Waals surface area contributed by atoms with Gasteiger partial charge in [-0.05, 0) is 0 Å². The molecule has 2 rings (SSSR count).